The lowest BCUT2D eigenvalue weighted by atomic mass is 9.93. The molecule has 1 N–H and O–H groups in total. The summed E-state index contributed by atoms with van der Waals surface area (Å²) in [5.41, 5.74) is 1.19. The minimum atomic E-state index is -0.481. The second kappa shape index (κ2) is 6.25. The molecule has 4 rings (SSSR count). The molecule has 0 atom stereocenters. The molecule has 0 unspecified atom stereocenters. The summed E-state index contributed by atoms with van der Waals surface area (Å²) in [6.07, 6.45) is 7.58. The Balaban J connectivity index is 1.50. The third-order valence-electron chi connectivity index (χ3n) is 5.25. The minimum absolute atomic E-state index is 0.116. The molecule has 1 aromatic heterocycles. The van der Waals surface area contributed by atoms with Crippen LogP contribution in [-0.2, 0) is 10.2 Å². The number of halogens is 1. The van der Waals surface area contributed by atoms with Crippen LogP contribution in [0.5, 0.6) is 0 Å². The van der Waals surface area contributed by atoms with Gasteiger partial charge in [0.05, 0.1) is 11.1 Å². The molecule has 2 aliphatic rings. The van der Waals surface area contributed by atoms with E-state index in [0.717, 1.165) is 36.9 Å². The SMILES string of the molecule is O=C(NC1CCCCC1)C1(c2cc(-c3ccc(Cl)cc3)on2)CC1. The van der Waals surface area contributed by atoms with E-state index in [1.807, 2.05) is 30.3 Å². The van der Waals surface area contributed by atoms with Gasteiger partial charge in [-0.1, -0.05) is 36.0 Å². The van der Waals surface area contributed by atoms with E-state index in [-0.39, 0.29) is 5.91 Å². The van der Waals surface area contributed by atoms with E-state index in [1.54, 1.807) is 0 Å². The average Bonchev–Trinajstić information content (AvgIpc) is 3.27. The Bertz CT molecular complexity index is 728. The molecule has 2 fully saturated rings. The summed E-state index contributed by atoms with van der Waals surface area (Å²) in [4.78, 5) is 12.8. The third kappa shape index (κ3) is 2.95. The highest BCUT2D eigenvalue weighted by Crippen LogP contribution is 2.48. The zero-order valence-corrected chi connectivity index (χ0v) is 14.3. The van der Waals surface area contributed by atoms with Gasteiger partial charge in [-0.25, -0.2) is 0 Å². The monoisotopic (exact) mass is 344 g/mol. The van der Waals surface area contributed by atoms with Crippen LogP contribution in [0.2, 0.25) is 5.02 Å². The Labute approximate surface area is 146 Å². The van der Waals surface area contributed by atoms with Crippen molar-refractivity contribution in [3.05, 3.63) is 41.0 Å². The van der Waals surface area contributed by atoms with Crippen LogP contribution in [-0.4, -0.2) is 17.1 Å². The molecule has 0 radical (unpaired) electrons. The van der Waals surface area contributed by atoms with Crippen LogP contribution in [0.3, 0.4) is 0 Å². The number of carbonyl (C=O) groups excluding carboxylic acids is 1. The van der Waals surface area contributed by atoms with E-state index in [4.69, 9.17) is 16.1 Å². The summed E-state index contributed by atoms with van der Waals surface area (Å²) >= 11 is 5.92. The Hall–Kier alpha value is -1.81. The number of carbonyl (C=O) groups is 1. The Morgan fingerprint density at radius 2 is 1.88 bits per heavy atom. The molecule has 2 saturated carbocycles. The molecule has 0 aliphatic heterocycles. The molecule has 24 heavy (non-hydrogen) atoms. The molecule has 0 saturated heterocycles. The first-order chi connectivity index (χ1) is 11.7. The van der Waals surface area contributed by atoms with Crippen molar-refractivity contribution in [1.29, 1.82) is 0 Å². The first-order valence-electron chi connectivity index (χ1n) is 8.71. The van der Waals surface area contributed by atoms with Crippen LogP contribution < -0.4 is 5.32 Å². The zero-order chi connectivity index (χ0) is 16.6. The molecule has 0 spiro atoms. The summed E-state index contributed by atoms with van der Waals surface area (Å²) in [5.74, 6) is 0.795. The number of hydrogen-bond acceptors (Lipinski definition) is 3. The molecule has 2 aromatic rings. The van der Waals surface area contributed by atoms with Crippen molar-refractivity contribution in [1.82, 2.24) is 10.5 Å². The molecule has 1 aromatic carbocycles. The summed E-state index contributed by atoms with van der Waals surface area (Å²) in [6, 6.07) is 9.66. The minimum Gasteiger partial charge on any atom is -0.356 e. The van der Waals surface area contributed by atoms with Crippen molar-refractivity contribution in [2.45, 2.75) is 56.4 Å². The first kappa shape index (κ1) is 15.7. The van der Waals surface area contributed by atoms with Gasteiger partial charge in [-0.3, -0.25) is 4.79 Å². The van der Waals surface area contributed by atoms with E-state index in [2.05, 4.69) is 10.5 Å². The quantitative estimate of drug-likeness (QED) is 0.889. The highest BCUT2D eigenvalue weighted by atomic mass is 35.5. The Morgan fingerprint density at radius 3 is 2.54 bits per heavy atom. The van der Waals surface area contributed by atoms with Gasteiger partial charge in [0.15, 0.2) is 5.76 Å². The fraction of sp³-hybridized carbons (Fsp3) is 0.474. The largest absolute Gasteiger partial charge is 0.356 e. The number of rotatable bonds is 4. The molecule has 2 aliphatic carbocycles. The molecule has 1 amide bonds. The summed E-state index contributed by atoms with van der Waals surface area (Å²) in [5, 5.41) is 8.12. The van der Waals surface area contributed by atoms with E-state index >= 15 is 0 Å². The number of hydrogen-bond donors (Lipinski definition) is 1. The number of amides is 1. The number of nitrogens with one attached hydrogen (secondary N) is 1. The van der Waals surface area contributed by atoms with Crippen LogP contribution in [0.4, 0.5) is 0 Å². The normalized spacial score (nSPS) is 19.9. The lowest BCUT2D eigenvalue weighted by Gasteiger charge is -2.24. The van der Waals surface area contributed by atoms with Gasteiger partial charge in [0.2, 0.25) is 5.91 Å². The number of aromatic nitrogens is 1. The molecule has 0 bridgehead atoms. The highest BCUT2D eigenvalue weighted by molar-refractivity contribution is 6.30. The third-order valence-corrected chi connectivity index (χ3v) is 5.51. The van der Waals surface area contributed by atoms with Gasteiger partial charge in [-0.2, -0.15) is 0 Å². The molecule has 5 heteroatoms. The summed E-state index contributed by atoms with van der Waals surface area (Å²) in [6.45, 7) is 0. The second-order valence-electron chi connectivity index (χ2n) is 6.97. The molecular formula is C19H21ClN2O2. The van der Waals surface area contributed by atoms with Gasteiger partial charge in [-0.05, 0) is 49.9 Å². The Morgan fingerprint density at radius 1 is 1.17 bits per heavy atom. The van der Waals surface area contributed by atoms with Crippen molar-refractivity contribution in [2.24, 2.45) is 0 Å². The van der Waals surface area contributed by atoms with Crippen molar-refractivity contribution >= 4 is 17.5 Å². The average molecular weight is 345 g/mol. The predicted molar refractivity (Wildman–Crippen MR) is 92.9 cm³/mol. The van der Waals surface area contributed by atoms with Crippen molar-refractivity contribution in [3.8, 4) is 11.3 Å². The lowest BCUT2D eigenvalue weighted by Crippen LogP contribution is -2.42. The van der Waals surface area contributed by atoms with Crippen LogP contribution in [0, 0.1) is 0 Å². The van der Waals surface area contributed by atoms with Gasteiger partial charge in [0.1, 0.15) is 0 Å². The van der Waals surface area contributed by atoms with E-state index < -0.39 is 5.41 Å². The maximum absolute atomic E-state index is 12.8. The van der Waals surface area contributed by atoms with Crippen molar-refractivity contribution in [2.75, 3.05) is 0 Å². The van der Waals surface area contributed by atoms with E-state index in [9.17, 15) is 4.79 Å². The smallest absolute Gasteiger partial charge is 0.232 e. The van der Waals surface area contributed by atoms with Gasteiger partial charge >= 0.3 is 0 Å². The standard InChI is InChI=1S/C19H21ClN2O2/c20-14-8-6-13(7-9-14)16-12-17(22-24-16)19(10-11-19)18(23)21-15-4-2-1-3-5-15/h6-9,12,15H,1-5,10-11H2,(H,21,23). The topological polar surface area (TPSA) is 55.1 Å². The van der Waals surface area contributed by atoms with Crippen molar-refractivity contribution < 1.29 is 9.32 Å². The van der Waals surface area contributed by atoms with Crippen molar-refractivity contribution in [3.63, 3.8) is 0 Å². The predicted octanol–water partition coefficient (Wildman–Crippen LogP) is 4.48. The molecule has 1 heterocycles. The van der Waals surface area contributed by atoms with Crippen LogP contribution in [0.1, 0.15) is 50.6 Å². The highest BCUT2D eigenvalue weighted by Gasteiger charge is 2.54. The van der Waals surface area contributed by atoms with Crippen LogP contribution >= 0.6 is 11.6 Å². The molecular weight excluding hydrogens is 324 g/mol. The summed E-state index contributed by atoms with van der Waals surface area (Å²) < 4.78 is 5.48. The lowest BCUT2D eigenvalue weighted by molar-refractivity contribution is -0.124. The van der Waals surface area contributed by atoms with Gasteiger partial charge < -0.3 is 9.84 Å². The van der Waals surface area contributed by atoms with Gasteiger partial charge in [0, 0.05) is 22.7 Å². The number of benzene rings is 1. The fourth-order valence-corrected chi connectivity index (χ4v) is 3.67. The summed E-state index contributed by atoms with van der Waals surface area (Å²) in [7, 11) is 0. The van der Waals surface area contributed by atoms with Crippen LogP contribution in [0.15, 0.2) is 34.9 Å². The van der Waals surface area contributed by atoms with Gasteiger partial charge in [0.25, 0.3) is 0 Å². The fourth-order valence-electron chi connectivity index (χ4n) is 3.55. The second-order valence-corrected chi connectivity index (χ2v) is 7.41. The van der Waals surface area contributed by atoms with Gasteiger partial charge in [-0.15, -0.1) is 0 Å². The zero-order valence-electron chi connectivity index (χ0n) is 13.6. The van der Waals surface area contributed by atoms with Crippen LogP contribution in [0.25, 0.3) is 11.3 Å². The molecule has 4 nitrogen and oxygen atoms in total. The maximum Gasteiger partial charge on any atom is 0.232 e. The maximum atomic E-state index is 12.8. The van der Waals surface area contributed by atoms with E-state index in [1.165, 1.54) is 19.3 Å². The Kier molecular flexibility index (Phi) is 4.09. The number of nitrogens with zero attached hydrogens (tertiary/aromatic N) is 1. The molecule has 126 valence electrons. The van der Waals surface area contributed by atoms with E-state index in [0.29, 0.717) is 16.8 Å². The first-order valence-corrected chi connectivity index (χ1v) is 9.09.